The topological polar surface area (TPSA) is 378 Å². The number of nitrogens with two attached hydrogens (primary N) is 1. The average Bonchev–Trinajstić information content (AvgIpc) is 3.36. The molecule has 4 rings (SSSR count). The summed E-state index contributed by atoms with van der Waals surface area (Å²) in [5, 5.41) is 86.2. The molecule has 0 bridgehead atoms. The number of thiocyanates is 1. The van der Waals surface area contributed by atoms with Crippen LogP contribution in [-0.4, -0.2) is 221 Å². The minimum atomic E-state index is -1.48. The molecule has 0 spiro atoms. The van der Waals surface area contributed by atoms with Gasteiger partial charge in [-0.1, -0.05) is 12.1 Å². The number of aliphatic hydroxyl groups excluding tert-OH is 6. The van der Waals surface area contributed by atoms with Crippen molar-refractivity contribution in [3.63, 3.8) is 0 Å². The molecule has 2 aromatic rings. The molecule has 10 atom stereocenters. The number of pyridine rings is 2. The molecular weight excluding hydrogens is 1050 g/mol. The summed E-state index contributed by atoms with van der Waals surface area (Å²) in [7, 11) is 0. The molecule has 2 aliphatic rings. The highest BCUT2D eigenvalue weighted by molar-refractivity contribution is 8.03. The molecular formula is C44H66N10O16S4. The molecule has 0 aromatic carbocycles. The number of aliphatic hydroxyl groups is 6. The quantitative estimate of drug-likeness (QED) is 0.0172. The standard InChI is InChI=1S/C22H33N5O8S2.C15H30N2O8.C7H3N3S2/c1-14(29)25-20-19(31)18(30)15(12-28)35-22(20,2)34-11-10-33-9-8-32-7-6-23-21(37)27-17-5-3-4-16(26-17)24-13-36;1-10(19)17-14-13(21)12(20)11(9-18)25-15(14,2)24-8-7-23-6-5-22-4-3-16;8-4-12-7-3-1-2-6(10-7)9-5-11/h3-5,15,18-20,28,30-31H,6-12H2,1-2H3,(H,25,29)(H2,23,26,27,37);11-14,18,20-21H,3-9,16H2,1-2H3,(H,17,19);1-3H/t15?,18-,19-,20?,22-;11?,12-,13-,14?,15-;/m00./s1. The molecule has 2 saturated heterocycles. The molecule has 4 unspecified atom stereocenters. The SMILES string of the molecule is CC(=O)NC1[C@@H](O)[C@@H](O)C(CO)O[C@]1(C)OCCOCCOCCN.CC(=O)NC1[C@@H](O)[C@@H](O)C(CO)O[C@]1(C)OCCOCCOCCNC(=S)Nc1cccc(N=C=S)n1.N#CSc1cccc(N=C=S)n1. The van der Waals surface area contributed by atoms with E-state index in [4.69, 9.17) is 61.1 Å². The number of amides is 2. The third kappa shape index (κ3) is 24.2. The van der Waals surface area contributed by atoms with Gasteiger partial charge >= 0.3 is 0 Å². The minimum Gasteiger partial charge on any atom is -0.394 e. The van der Waals surface area contributed by atoms with E-state index in [1.165, 1.54) is 27.7 Å². The number of thioether (sulfide) groups is 1. The maximum absolute atomic E-state index is 11.6. The van der Waals surface area contributed by atoms with Crippen LogP contribution in [0.15, 0.2) is 51.4 Å². The molecule has 30 heteroatoms. The van der Waals surface area contributed by atoms with Crippen molar-refractivity contribution >= 4 is 93.1 Å². The first-order valence-corrected chi connectivity index (χ1v) is 24.8. The Hall–Kier alpha value is -4.23. The number of anilines is 1. The van der Waals surface area contributed by atoms with Gasteiger partial charge < -0.3 is 95.5 Å². The lowest BCUT2D eigenvalue weighted by Gasteiger charge is -2.48. The number of nitrogens with one attached hydrogen (secondary N) is 4. The second-order valence-corrected chi connectivity index (χ2v) is 17.2. The zero-order chi connectivity index (χ0) is 54.9. The number of aliphatic imine (C=N–C) groups is 2. The first-order valence-electron chi connectivity index (χ1n) is 22.8. The zero-order valence-electron chi connectivity index (χ0n) is 41.2. The molecule has 0 saturated carbocycles. The van der Waals surface area contributed by atoms with Gasteiger partial charge in [0, 0.05) is 38.7 Å². The summed E-state index contributed by atoms with van der Waals surface area (Å²) in [5.74, 6) is -2.33. The lowest BCUT2D eigenvalue weighted by molar-refractivity contribution is -0.329. The fourth-order valence-electron chi connectivity index (χ4n) is 6.70. The molecule has 12 N–H and O–H groups in total. The summed E-state index contributed by atoms with van der Waals surface area (Å²) < 4.78 is 44.1. The van der Waals surface area contributed by atoms with Gasteiger partial charge in [-0.05, 0) is 74.8 Å². The van der Waals surface area contributed by atoms with Crippen molar-refractivity contribution in [1.82, 2.24) is 25.9 Å². The molecule has 4 heterocycles. The van der Waals surface area contributed by atoms with Crippen LogP contribution in [0.1, 0.15) is 27.7 Å². The Balaban J connectivity index is 0.000000433. The lowest BCUT2D eigenvalue weighted by Crippen LogP contribution is -2.70. The number of isothiocyanates is 2. The van der Waals surface area contributed by atoms with E-state index in [1.807, 2.05) is 5.40 Å². The van der Waals surface area contributed by atoms with E-state index < -0.39 is 85.3 Å². The van der Waals surface area contributed by atoms with Crippen molar-refractivity contribution in [3.8, 4) is 5.40 Å². The van der Waals surface area contributed by atoms with Gasteiger partial charge in [-0.15, -0.1) is 0 Å². The van der Waals surface area contributed by atoms with Gasteiger partial charge in [-0.3, -0.25) is 9.59 Å². The van der Waals surface area contributed by atoms with E-state index in [9.17, 15) is 40.2 Å². The third-order valence-electron chi connectivity index (χ3n) is 10.0. The number of hydrogen-bond acceptors (Lipinski definition) is 26. The third-order valence-corrected chi connectivity index (χ3v) is 11.0. The second-order valence-electron chi connectivity index (χ2n) is 15.7. The van der Waals surface area contributed by atoms with Crippen molar-refractivity contribution < 1.29 is 78.1 Å². The first-order chi connectivity index (χ1) is 35.4. The summed E-state index contributed by atoms with van der Waals surface area (Å²) in [6, 6.07) is 8.34. The Morgan fingerprint density at radius 2 is 1.18 bits per heavy atom. The van der Waals surface area contributed by atoms with Gasteiger partial charge in [0.05, 0.1) is 89.6 Å². The zero-order valence-corrected chi connectivity index (χ0v) is 44.5. The Labute approximate surface area is 448 Å². The second kappa shape index (κ2) is 36.7. The van der Waals surface area contributed by atoms with E-state index in [-0.39, 0.29) is 26.4 Å². The van der Waals surface area contributed by atoms with Crippen LogP contribution >= 0.6 is 48.4 Å². The predicted octanol–water partition coefficient (Wildman–Crippen LogP) is -0.796. The van der Waals surface area contributed by atoms with Crippen molar-refractivity contribution in [2.24, 2.45) is 15.7 Å². The fourth-order valence-corrected chi connectivity index (χ4v) is 7.47. The number of hydrogen-bond donors (Lipinski definition) is 11. The molecule has 2 aliphatic heterocycles. The first kappa shape index (κ1) is 65.9. The Bertz CT molecular complexity index is 2150. The van der Waals surface area contributed by atoms with E-state index in [0.29, 0.717) is 80.3 Å². The average molecular weight is 1120 g/mol. The van der Waals surface area contributed by atoms with Crippen molar-refractivity contribution in [2.45, 2.75) is 93.0 Å². The van der Waals surface area contributed by atoms with Crippen LogP contribution in [0.4, 0.5) is 17.5 Å². The highest BCUT2D eigenvalue weighted by Gasteiger charge is 2.54. The highest BCUT2D eigenvalue weighted by atomic mass is 32.2. The van der Waals surface area contributed by atoms with Gasteiger partial charge in [0.1, 0.15) is 65.0 Å². The summed E-state index contributed by atoms with van der Waals surface area (Å²) in [6.07, 6.45) is -7.58. The summed E-state index contributed by atoms with van der Waals surface area (Å²) in [6.45, 7) is 8.35. The number of thiocarbonyl (C=S) groups is 3. The van der Waals surface area contributed by atoms with Crippen molar-refractivity contribution in [2.75, 3.05) is 97.7 Å². The molecule has 74 heavy (non-hydrogen) atoms. The smallest absolute Gasteiger partial charge is 0.217 e. The minimum absolute atomic E-state index is 0.0695. The number of rotatable bonds is 27. The number of nitrogens with zero attached hydrogens (tertiary/aromatic N) is 5. The molecule has 412 valence electrons. The number of ether oxygens (including phenoxy) is 8. The Morgan fingerprint density at radius 1 is 0.730 bits per heavy atom. The van der Waals surface area contributed by atoms with Gasteiger partial charge in [-0.25, -0.2) is 9.97 Å². The van der Waals surface area contributed by atoms with E-state index in [0.717, 1.165) is 11.8 Å². The summed E-state index contributed by atoms with van der Waals surface area (Å²) >= 11 is 15.2. The van der Waals surface area contributed by atoms with Crippen LogP contribution in [0, 0.1) is 10.7 Å². The summed E-state index contributed by atoms with van der Waals surface area (Å²) in [4.78, 5) is 38.6. The maximum atomic E-state index is 11.6. The van der Waals surface area contributed by atoms with Crippen LogP contribution in [-0.2, 0) is 47.5 Å². The molecule has 2 amide bonds. The van der Waals surface area contributed by atoms with Gasteiger partial charge in [0.15, 0.2) is 28.3 Å². The molecule has 2 fully saturated rings. The van der Waals surface area contributed by atoms with Crippen LogP contribution in [0.3, 0.4) is 0 Å². The van der Waals surface area contributed by atoms with Crippen LogP contribution in [0.25, 0.3) is 0 Å². The van der Waals surface area contributed by atoms with Gasteiger partial charge in [0.2, 0.25) is 11.8 Å². The van der Waals surface area contributed by atoms with Gasteiger partial charge in [-0.2, -0.15) is 15.2 Å². The fraction of sp³-hybridized carbons (Fsp3) is 0.636. The van der Waals surface area contributed by atoms with Crippen LogP contribution < -0.4 is 27.0 Å². The van der Waals surface area contributed by atoms with Crippen molar-refractivity contribution in [3.05, 3.63) is 36.4 Å². The molecule has 2 aromatic heterocycles. The van der Waals surface area contributed by atoms with E-state index in [1.54, 1.807) is 36.4 Å². The van der Waals surface area contributed by atoms with Crippen LogP contribution in [0.5, 0.6) is 0 Å². The molecule has 26 nitrogen and oxygen atoms in total. The number of aromatic nitrogens is 2. The number of nitriles is 1. The van der Waals surface area contributed by atoms with Gasteiger partial charge in [0.25, 0.3) is 0 Å². The van der Waals surface area contributed by atoms with E-state index in [2.05, 4.69) is 76.0 Å². The molecule has 0 aliphatic carbocycles. The monoisotopic (exact) mass is 1120 g/mol. The van der Waals surface area contributed by atoms with Crippen LogP contribution in [0.2, 0.25) is 0 Å². The van der Waals surface area contributed by atoms with E-state index >= 15 is 0 Å². The highest BCUT2D eigenvalue weighted by Crippen LogP contribution is 2.32. The normalized spacial score (nSPS) is 24.9. The number of carbonyl (C=O) groups excluding carboxylic acids is 2. The lowest BCUT2D eigenvalue weighted by atomic mass is 9.91. The number of carbonyl (C=O) groups is 2. The van der Waals surface area contributed by atoms with Crippen molar-refractivity contribution in [1.29, 1.82) is 5.26 Å². The molecule has 0 radical (unpaired) electrons. The largest absolute Gasteiger partial charge is 0.394 e. The Kier molecular flexibility index (Phi) is 32.7. The summed E-state index contributed by atoms with van der Waals surface area (Å²) in [5.41, 5.74) is 5.29. The Morgan fingerprint density at radius 3 is 1.62 bits per heavy atom. The predicted molar refractivity (Wildman–Crippen MR) is 278 cm³/mol. The maximum Gasteiger partial charge on any atom is 0.217 e.